The minimum absolute atomic E-state index is 0.142. The van der Waals surface area contributed by atoms with Crippen LogP contribution >= 0.6 is 0 Å². The predicted molar refractivity (Wildman–Crippen MR) is 64.9 cm³/mol. The van der Waals surface area contributed by atoms with Crippen LogP contribution in [-0.2, 0) is 6.18 Å². The van der Waals surface area contributed by atoms with Gasteiger partial charge in [-0.3, -0.25) is 0 Å². The van der Waals surface area contributed by atoms with E-state index in [0.717, 1.165) is 44.6 Å². The fourth-order valence-corrected chi connectivity index (χ4v) is 2.52. The molecule has 1 N–H and O–H groups in total. The second kappa shape index (κ2) is 4.65. The van der Waals surface area contributed by atoms with Crippen LogP contribution in [-0.4, -0.2) is 16.0 Å². The zero-order valence-electron chi connectivity index (χ0n) is 10.5. The van der Waals surface area contributed by atoms with Crippen LogP contribution in [0.3, 0.4) is 0 Å². The summed E-state index contributed by atoms with van der Waals surface area (Å²) < 4.78 is 38.5. The number of rotatable bonds is 3. The molecule has 1 aromatic rings. The lowest BCUT2D eigenvalue weighted by molar-refractivity contribution is -0.141. The molecule has 0 saturated heterocycles. The summed E-state index contributed by atoms with van der Waals surface area (Å²) in [5.41, 5.74) is -0.298. The molecule has 104 valence electrons. The summed E-state index contributed by atoms with van der Waals surface area (Å²) in [5, 5.41) is 3.05. The van der Waals surface area contributed by atoms with Gasteiger partial charge in [0.2, 0.25) is 5.95 Å². The molecule has 2 aliphatic rings. The molecule has 1 heterocycles. The van der Waals surface area contributed by atoms with E-state index in [-0.39, 0.29) is 17.9 Å². The van der Waals surface area contributed by atoms with Gasteiger partial charge in [0.15, 0.2) is 0 Å². The summed E-state index contributed by atoms with van der Waals surface area (Å²) in [6.07, 6.45) is 1.65. The lowest BCUT2D eigenvalue weighted by Gasteiger charge is -2.15. The molecule has 2 saturated carbocycles. The average molecular weight is 271 g/mol. The van der Waals surface area contributed by atoms with Crippen LogP contribution in [0.15, 0.2) is 6.07 Å². The molecule has 0 aliphatic heterocycles. The van der Waals surface area contributed by atoms with E-state index in [1.54, 1.807) is 0 Å². The number of nitrogens with one attached hydrogen (secondary N) is 1. The van der Waals surface area contributed by atoms with Crippen molar-refractivity contribution in [2.75, 3.05) is 5.32 Å². The number of aromatic nitrogens is 2. The lowest BCUT2D eigenvalue weighted by Crippen LogP contribution is -2.19. The number of hydrogen-bond donors (Lipinski definition) is 1. The molecule has 0 bridgehead atoms. The van der Waals surface area contributed by atoms with Crippen molar-refractivity contribution in [1.29, 1.82) is 0 Å². The number of alkyl halides is 3. The van der Waals surface area contributed by atoms with Crippen molar-refractivity contribution in [3.05, 3.63) is 17.5 Å². The van der Waals surface area contributed by atoms with E-state index in [1.807, 2.05) is 0 Å². The summed E-state index contributed by atoms with van der Waals surface area (Å²) in [7, 11) is 0. The van der Waals surface area contributed by atoms with E-state index in [0.29, 0.717) is 5.69 Å². The number of halogens is 3. The van der Waals surface area contributed by atoms with Crippen LogP contribution in [0.25, 0.3) is 0 Å². The molecule has 2 fully saturated rings. The van der Waals surface area contributed by atoms with Crippen molar-refractivity contribution in [2.24, 2.45) is 0 Å². The first-order valence-electron chi connectivity index (χ1n) is 6.75. The molecule has 0 atom stereocenters. The van der Waals surface area contributed by atoms with Gasteiger partial charge in [0.1, 0.15) is 5.69 Å². The summed E-state index contributed by atoms with van der Waals surface area (Å²) in [6.45, 7) is 0. The van der Waals surface area contributed by atoms with Crippen molar-refractivity contribution in [3.63, 3.8) is 0 Å². The normalized spacial score (nSPS) is 20.8. The summed E-state index contributed by atoms with van der Waals surface area (Å²) >= 11 is 0. The Morgan fingerprint density at radius 3 is 2.32 bits per heavy atom. The molecule has 2 aliphatic carbocycles. The maximum absolute atomic E-state index is 12.8. The summed E-state index contributed by atoms with van der Waals surface area (Å²) in [6, 6.07) is 1.31. The van der Waals surface area contributed by atoms with Crippen molar-refractivity contribution >= 4 is 5.95 Å². The fourth-order valence-electron chi connectivity index (χ4n) is 2.52. The van der Waals surface area contributed by atoms with Gasteiger partial charge in [0, 0.05) is 17.7 Å². The van der Waals surface area contributed by atoms with Crippen molar-refractivity contribution < 1.29 is 13.2 Å². The molecule has 3 nitrogen and oxygen atoms in total. The highest BCUT2D eigenvalue weighted by molar-refractivity contribution is 5.33. The van der Waals surface area contributed by atoms with Gasteiger partial charge < -0.3 is 5.32 Å². The van der Waals surface area contributed by atoms with Crippen LogP contribution in [0.4, 0.5) is 19.1 Å². The van der Waals surface area contributed by atoms with Gasteiger partial charge in [-0.25, -0.2) is 9.97 Å². The third-order valence-corrected chi connectivity index (χ3v) is 3.72. The number of nitrogens with zero attached hydrogens (tertiary/aromatic N) is 2. The molecule has 0 unspecified atom stereocenters. The third kappa shape index (κ3) is 2.98. The lowest BCUT2D eigenvalue weighted by atomic mass is 10.2. The second-order valence-corrected chi connectivity index (χ2v) is 5.40. The van der Waals surface area contributed by atoms with Crippen molar-refractivity contribution in [3.8, 4) is 0 Å². The van der Waals surface area contributed by atoms with Crippen molar-refractivity contribution in [2.45, 2.75) is 56.7 Å². The topological polar surface area (TPSA) is 37.8 Å². The monoisotopic (exact) mass is 271 g/mol. The minimum atomic E-state index is -4.40. The highest BCUT2D eigenvalue weighted by Gasteiger charge is 2.36. The average Bonchev–Trinajstić information content (AvgIpc) is 3.08. The van der Waals surface area contributed by atoms with Crippen LogP contribution in [0, 0.1) is 0 Å². The SMILES string of the molecule is FC(F)(F)c1cc(C2CC2)nc(NC2CCCC2)n1. The third-order valence-electron chi connectivity index (χ3n) is 3.72. The Hall–Kier alpha value is -1.33. The maximum atomic E-state index is 12.8. The molecule has 0 radical (unpaired) electrons. The number of anilines is 1. The largest absolute Gasteiger partial charge is 0.433 e. The highest BCUT2D eigenvalue weighted by Crippen LogP contribution is 2.41. The molecule has 0 aromatic carbocycles. The minimum Gasteiger partial charge on any atom is -0.351 e. The van der Waals surface area contributed by atoms with Crippen LogP contribution in [0.2, 0.25) is 0 Å². The molecule has 19 heavy (non-hydrogen) atoms. The molecular formula is C13H16F3N3. The van der Waals surface area contributed by atoms with E-state index in [1.165, 1.54) is 0 Å². The zero-order valence-corrected chi connectivity index (χ0v) is 10.5. The van der Waals surface area contributed by atoms with Crippen LogP contribution in [0.5, 0.6) is 0 Å². The van der Waals surface area contributed by atoms with Gasteiger partial charge in [-0.1, -0.05) is 12.8 Å². The van der Waals surface area contributed by atoms with Gasteiger partial charge in [0.05, 0.1) is 0 Å². The van der Waals surface area contributed by atoms with Gasteiger partial charge in [0.25, 0.3) is 0 Å². The first-order valence-corrected chi connectivity index (χ1v) is 6.75. The Morgan fingerprint density at radius 1 is 1.05 bits per heavy atom. The highest BCUT2D eigenvalue weighted by atomic mass is 19.4. The molecule has 0 spiro atoms. The maximum Gasteiger partial charge on any atom is 0.433 e. The smallest absolute Gasteiger partial charge is 0.351 e. The van der Waals surface area contributed by atoms with Gasteiger partial charge in [-0.15, -0.1) is 0 Å². The molecular weight excluding hydrogens is 255 g/mol. The van der Waals surface area contributed by atoms with Gasteiger partial charge in [-0.2, -0.15) is 13.2 Å². The van der Waals surface area contributed by atoms with E-state index >= 15 is 0 Å². The molecule has 1 aromatic heterocycles. The first kappa shape index (κ1) is 12.7. The molecule has 0 amide bonds. The predicted octanol–water partition coefficient (Wildman–Crippen LogP) is 3.73. The standard InChI is InChI=1S/C13H16F3N3/c14-13(15,16)11-7-10(8-5-6-8)18-12(19-11)17-9-3-1-2-4-9/h7-9H,1-6H2,(H,17,18,19). The Bertz CT molecular complexity index is 463. The van der Waals surface area contributed by atoms with E-state index in [9.17, 15) is 13.2 Å². The zero-order chi connectivity index (χ0) is 13.5. The van der Waals surface area contributed by atoms with E-state index in [4.69, 9.17) is 0 Å². The Kier molecular flexibility index (Phi) is 3.11. The Balaban J connectivity index is 1.86. The van der Waals surface area contributed by atoms with E-state index < -0.39 is 11.9 Å². The van der Waals surface area contributed by atoms with Crippen LogP contribution < -0.4 is 5.32 Å². The molecule has 6 heteroatoms. The second-order valence-electron chi connectivity index (χ2n) is 5.40. The Morgan fingerprint density at radius 2 is 1.74 bits per heavy atom. The van der Waals surface area contributed by atoms with Gasteiger partial charge >= 0.3 is 6.18 Å². The molecule has 3 rings (SSSR count). The summed E-state index contributed by atoms with van der Waals surface area (Å²) in [4.78, 5) is 7.88. The van der Waals surface area contributed by atoms with Gasteiger partial charge in [-0.05, 0) is 31.7 Å². The summed E-state index contributed by atoms with van der Waals surface area (Å²) in [5.74, 6) is 0.330. The van der Waals surface area contributed by atoms with Crippen molar-refractivity contribution in [1.82, 2.24) is 9.97 Å². The number of hydrogen-bond acceptors (Lipinski definition) is 3. The fraction of sp³-hybridized carbons (Fsp3) is 0.692. The van der Waals surface area contributed by atoms with E-state index in [2.05, 4.69) is 15.3 Å². The Labute approximate surface area is 109 Å². The first-order chi connectivity index (χ1) is 9.02. The van der Waals surface area contributed by atoms with Crippen LogP contribution in [0.1, 0.15) is 55.8 Å². The quantitative estimate of drug-likeness (QED) is 0.910.